The highest BCUT2D eigenvalue weighted by Gasteiger charge is 2.24. The second-order valence-corrected chi connectivity index (χ2v) is 5.63. The van der Waals surface area contributed by atoms with Crippen molar-refractivity contribution in [3.05, 3.63) is 68.3 Å². The molecule has 0 radical (unpaired) electrons. The van der Waals surface area contributed by atoms with E-state index in [4.69, 9.17) is 0 Å². The molecule has 2 aromatic carbocycles. The molecule has 108 valence electrons. The number of nitro groups is 2. The number of nitrogens with zero attached hydrogens (tertiary/aromatic N) is 2. The fourth-order valence-corrected chi connectivity index (χ4v) is 3.09. The summed E-state index contributed by atoms with van der Waals surface area (Å²) in [5.41, 5.74) is -0.706. The van der Waals surface area contributed by atoms with Crippen molar-refractivity contribution in [2.75, 3.05) is 0 Å². The first-order valence-electron chi connectivity index (χ1n) is 5.82. The van der Waals surface area contributed by atoms with Gasteiger partial charge in [-0.2, -0.15) is 0 Å². The monoisotopic (exact) mass is 306 g/mol. The zero-order chi connectivity index (χ0) is 15.6. The summed E-state index contributed by atoms with van der Waals surface area (Å²) in [7, 11) is -1.72. The molecule has 0 spiro atoms. The van der Waals surface area contributed by atoms with Gasteiger partial charge in [-0.05, 0) is 19.1 Å². The van der Waals surface area contributed by atoms with Gasteiger partial charge in [-0.1, -0.05) is 18.2 Å². The number of hydrogen-bond donors (Lipinski definition) is 0. The summed E-state index contributed by atoms with van der Waals surface area (Å²) in [4.78, 5) is 20.9. The summed E-state index contributed by atoms with van der Waals surface area (Å²) in [6, 6.07) is 10.3. The largest absolute Gasteiger partial charge is 0.280 e. The minimum Gasteiger partial charge on any atom is -0.258 e. The van der Waals surface area contributed by atoms with Crippen LogP contribution in [-0.4, -0.2) is 14.1 Å². The quantitative estimate of drug-likeness (QED) is 0.638. The Hall–Kier alpha value is -2.61. The lowest BCUT2D eigenvalue weighted by Gasteiger charge is -2.06. The zero-order valence-corrected chi connectivity index (χ0v) is 11.7. The van der Waals surface area contributed by atoms with Gasteiger partial charge >= 0.3 is 0 Å². The Morgan fingerprint density at radius 1 is 1.00 bits per heavy atom. The summed E-state index contributed by atoms with van der Waals surface area (Å²) >= 11 is 0. The van der Waals surface area contributed by atoms with Crippen LogP contribution in [0.4, 0.5) is 11.4 Å². The van der Waals surface area contributed by atoms with Crippen molar-refractivity contribution in [3.8, 4) is 0 Å². The molecule has 0 heterocycles. The average Bonchev–Trinajstić information content (AvgIpc) is 2.47. The van der Waals surface area contributed by atoms with Gasteiger partial charge in [0, 0.05) is 16.5 Å². The standard InChI is InChI=1S/C13H10N2O5S/c1-9-12(15(18)19)7-10(14(16)17)8-13(9)21(20)11-5-3-2-4-6-11/h2-8H,1H3. The van der Waals surface area contributed by atoms with E-state index >= 15 is 0 Å². The molecule has 0 saturated carbocycles. The molecule has 7 nitrogen and oxygen atoms in total. The lowest BCUT2D eigenvalue weighted by atomic mass is 10.2. The molecule has 1 unspecified atom stereocenters. The molecule has 2 rings (SSSR count). The summed E-state index contributed by atoms with van der Waals surface area (Å²) in [6.45, 7) is 1.43. The molecule has 0 aliphatic carbocycles. The van der Waals surface area contributed by atoms with Crippen molar-refractivity contribution in [1.29, 1.82) is 0 Å². The average molecular weight is 306 g/mol. The Morgan fingerprint density at radius 2 is 1.62 bits per heavy atom. The maximum absolute atomic E-state index is 12.5. The van der Waals surface area contributed by atoms with E-state index < -0.39 is 32.0 Å². The summed E-state index contributed by atoms with van der Waals surface area (Å²) in [5, 5.41) is 21.9. The molecule has 0 bridgehead atoms. The molecule has 21 heavy (non-hydrogen) atoms. The van der Waals surface area contributed by atoms with E-state index in [0.717, 1.165) is 12.1 Å². The Balaban J connectivity index is 2.65. The summed E-state index contributed by atoms with van der Waals surface area (Å²) in [5.74, 6) is 0. The first-order valence-corrected chi connectivity index (χ1v) is 6.97. The Morgan fingerprint density at radius 3 is 2.14 bits per heavy atom. The van der Waals surface area contributed by atoms with Gasteiger partial charge in [-0.3, -0.25) is 20.2 Å². The van der Waals surface area contributed by atoms with Crippen molar-refractivity contribution in [2.45, 2.75) is 16.7 Å². The molecule has 1 atom stereocenters. The number of hydrogen-bond acceptors (Lipinski definition) is 5. The molecule has 0 aliphatic heterocycles. The normalized spacial score (nSPS) is 11.9. The van der Waals surface area contributed by atoms with Gasteiger partial charge in [0.2, 0.25) is 0 Å². The maximum atomic E-state index is 12.5. The predicted molar refractivity (Wildman–Crippen MR) is 75.6 cm³/mol. The summed E-state index contributed by atoms with van der Waals surface area (Å²) < 4.78 is 12.5. The SMILES string of the molecule is Cc1c([N+](=O)[O-])cc([N+](=O)[O-])cc1S(=O)c1ccccc1. The first kappa shape index (κ1) is 14.8. The van der Waals surface area contributed by atoms with Gasteiger partial charge < -0.3 is 0 Å². The van der Waals surface area contributed by atoms with Crippen molar-refractivity contribution < 1.29 is 14.1 Å². The second kappa shape index (κ2) is 5.80. The number of rotatable bonds is 4. The highest BCUT2D eigenvalue weighted by Crippen LogP contribution is 2.31. The van der Waals surface area contributed by atoms with Crippen molar-refractivity contribution in [1.82, 2.24) is 0 Å². The van der Waals surface area contributed by atoms with E-state index in [1.54, 1.807) is 30.3 Å². The van der Waals surface area contributed by atoms with Crippen LogP contribution in [-0.2, 0) is 10.8 Å². The van der Waals surface area contributed by atoms with Crippen LogP contribution in [0, 0.1) is 27.2 Å². The maximum Gasteiger partial charge on any atom is 0.280 e. The van der Waals surface area contributed by atoms with E-state index in [9.17, 15) is 24.4 Å². The minimum absolute atomic E-state index is 0.0714. The topological polar surface area (TPSA) is 103 Å². The molecule has 0 N–H and O–H groups in total. The van der Waals surface area contributed by atoms with Gasteiger partial charge in [0.25, 0.3) is 11.4 Å². The third-order valence-corrected chi connectivity index (χ3v) is 4.41. The van der Waals surface area contributed by atoms with Gasteiger partial charge in [0.1, 0.15) is 0 Å². The fourth-order valence-electron chi connectivity index (χ4n) is 1.82. The van der Waals surface area contributed by atoms with Crippen molar-refractivity contribution >= 4 is 22.2 Å². The third kappa shape index (κ3) is 2.95. The van der Waals surface area contributed by atoms with Crippen LogP contribution in [0.3, 0.4) is 0 Å². The molecule has 0 fully saturated rings. The van der Waals surface area contributed by atoms with E-state index in [2.05, 4.69) is 0 Å². The smallest absolute Gasteiger partial charge is 0.258 e. The van der Waals surface area contributed by atoms with E-state index in [-0.39, 0.29) is 10.5 Å². The van der Waals surface area contributed by atoms with Crippen LogP contribution in [0.15, 0.2) is 52.3 Å². The van der Waals surface area contributed by atoms with Crippen LogP contribution in [0.25, 0.3) is 0 Å². The highest BCUT2D eigenvalue weighted by atomic mass is 32.2. The van der Waals surface area contributed by atoms with Crippen LogP contribution < -0.4 is 0 Å². The van der Waals surface area contributed by atoms with Crippen molar-refractivity contribution in [2.24, 2.45) is 0 Å². The van der Waals surface area contributed by atoms with Crippen LogP contribution in [0.1, 0.15) is 5.56 Å². The molecule has 8 heteroatoms. The van der Waals surface area contributed by atoms with Gasteiger partial charge in [0.05, 0.1) is 31.6 Å². The van der Waals surface area contributed by atoms with Crippen LogP contribution in [0.2, 0.25) is 0 Å². The summed E-state index contributed by atoms with van der Waals surface area (Å²) in [6.07, 6.45) is 0. The lowest BCUT2D eigenvalue weighted by molar-refractivity contribution is -0.394. The molecule has 0 aromatic heterocycles. The van der Waals surface area contributed by atoms with Crippen LogP contribution >= 0.6 is 0 Å². The second-order valence-electron chi connectivity index (χ2n) is 4.18. The molecule has 0 saturated heterocycles. The molecule has 0 aliphatic rings. The first-order chi connectivity index (χ1) is 9.91. The highest BCUT2D eigenvalue weighted by molar-refractivity contribution is 7.85. The van der Waals surface area contributed by atoms with Gasteiger partial charge in [-0.15, -0.1) is 0 Å². The van der Waals surface area contributed by atoms with Gasteiger partial charge in [-0.25, -0.2) is 4.21 Å². The lowest BCUT2D eigenvalue weighted by Crippen LogP contribution is -2.02. The zero-order valence-electron chi connectivity index (χ0n) is 10.9. The Kier molecular flexibility index (Phi) is 4.08. The van der Waals surface area contributed by atoms with Crippen LogP contribution in [0.5, 0.6) is 0 Å². The Bertz CT molecular complexity index is 746. The van der Waals surface area contributed by atoms with E-state index in [1.807, 2.05) is 0 Å². The minimum atomic E-state index is -1.72. The fraction of sp³-hybridized carbons (Fsp3) is 0.0769. The molecule has 2 aromatic rings. The molecular formula is C13H10N2O5S. The number of nitro benzene ring substituents is 2. The molecule has 0 amide bonds. The number of non-ortho nitro benzene ring substituents is 1. The van der Waals surface area contributed by atoms with Gasteiger partial charge in [0.15, 0.2) is 0 Å². The Labute approximate surface area is 122 Å². The van der Waals surface area contributed by atoms with E-state index in [0.29, 0.717) is 4.90 Å². The number of benzene rings is 2. The molecular weight excluding hydrogens is 296 g/mol. The predicted octanol–water partition coefficient (Wildman–Crippen LogP) is 2.98. The van der Waals surface area contributed by atoms with Crippen molar-refractivity contribution in [3.63, 3.8) is 0 Å². The van der Waals surface area contributed by atoms with E-state index in [1.165, 1.54) is 6.92 Å². The third-order valence-electron chi connectivity index (χ3n) is 2.88.